The zero-order valence-corrected chi connectivity index (χ0v) is 13.3. The Bertz CT molecular complexity index is 912. The number of hydrogen-bond acceptors (Lipinski definition) is 6. The molecule has 0 fully saturated rings. The van der Waals surface area contributed by atoms with Crippen LogP contribution in [0.5, 0.6) is 0 Å². The van der Waals surface area contributed by atoms with E-state index in [9.17, 15) is 9.59 Å². The first kappa shape index (κ1) is 15.2. The Hall–Kier alpha value is -2.67. The van der Waals surface area contributed by atoms with E-state index in [1.54, 1.807) is 19.1 Å². The zero-order valence-electron chi connectivity index (χ0n) is 12.5. The molecule has 0 saturated carbocycles. The van der Waals surface area contributed by atoms with Gasteiger partial charge in [-0.1, -0.05) is 12.1 Å². The van der Waals surface area contributed by atoms with Gasteiger partial charge < -0.3 is 10.5 Å². The highest BCUT2D eigenvalue weighted by Crippen LogP contribution is 2.24. The van der Waals surface area contributed by atoms with Crippen molar-refractivity contribution in [2.24, 2.45) is 0 Å². The van der Waals surface area contributed by atoms with Crippen molar-refractivity contribution in [2.45, 2.75) is 13.3 Å². The smallest absolute Gasteiger partial charge is 0.338 e. The van der Waals surface area contributed by atoms with Crippen molar-refractivity contribution in [3.8, 4) is 0 Å². The van der Waals surface area contributed by atoms with Gasteiger partial charge in [0.15, 0.2) is 0 Å². The number of ether oxygens (including phenoxy) is 1. The van der Waals surface area contributed by atoms with E-state index >= 15 is 0 Å². The van der Waals surface area contributed by atoms with Crippen LogP contribution in [0.25, 0.3) is 10.2 Å². The van der Waals surface area contributed by atoms with Gasteiger partial charge in [0.25, 0.3) is 5.56 Å². The number of esters is 1. The molecule has 3 N–H and O–H groups in total. The number of carbonyl (C=O) groups excluding carboxylic acids is 1. The van der Waals surface area contributed by atoms with Crippen molar-refractivity contribution in [3.05, 3.63) is 56.7 Å². The van der Waals surface area contributed by atoms with Crippen LogP contribution >= 0.6 is 11.3 Å². The lowest BCUT2D eigenvalue weighted by molar-refractivity contribution is 0.0526. The third-order valence-electron chi connectivity index (χ3n) is 3.32. The fourth-order valence-electron chi connectivity index (χ4n) is 2.26. The number of carbonyl (C=O) groups is 1. The van der Waals surface area contributed by atoms with Crippen LogP contribution in [0.2, 0.25) is 0 Å². The molecular weight excluding hydrogens is 314 g/mol. The third-order valence-corrected chi connectivity index (χ3v) is 4.34. The maximum Gasteiger partial charge on any atom is 0.338 e. The van der Waals surface area contributed by atoms with E-state index < -0.39 is 0 Å². The van der Waals surface area contributed by atoms with Crippen LogP contribution in [0.1, 0.15) is 27.7 Å². The number of H-pyrrole nitrogens is 1. The molecule has 7 heteroatoms. The highest BCUT2D eigenvalue weighted by molar-refractivity contribution is 7.18. The van der Waals surface area contributed by atoms with Crippen molar-refractivity contribution in [3.63, 3.8) is 0 Å². The minimum Gasteiger partial charge on any atom is -0.462 e. The molecule has 0 unspecified atom stereocenters. The normalized spacial score (nSPS) is 10.8. The van der Waals surface area contributed by atoms with Gasteiger partial charge in [-0.3, -0.25) is 9.78 Å². The van der Waals surface area contributed by atoms with Crippen LogP contribution in [-0.4, -0.2) is 22.5 Å². The van der Waals surface area contributed by atoms with Crippen LogP contribution in [0, 0.1) is 0 Å². The molecule has 2 aromatic heterocycles. The van der Waals surface area contributed by atoms with Gasteiger partial charge in [0.2, 0.25) is 5.95 Å². The Morgan fingerprint density at radius 2 is 2.09 bits per heavy atom. The van der Waals surface area contributed by atoms with Crippen LogP contribution in [0.15, 0.2) is 35.1 Å². The number of benzene rings is 1. The number of thiophene rings is 1. The number of rotatable bonds is 4. The number of nitrogens with one attached hydrogen (secondary N) is 1. The molecule has 0 amide bonds. The minimum atomic E-state index is -0.327. The quantitative estimate of drug-likeness (QED) is 0.716. The summed E-state index contributed by atoms with van der Waals surface area (Å²) in [4.78, 5) is 31.7. The fourth-order valence-corrected chi connectivity index (χ4v) is 3.33. The van der Waals surface area contributed by atoms with Gasteiger partial charge >= 0.3 is 5.97 Å². The molecular formula is C16H15N3O3S. The summed E-state index contributed by atoms with van der Waals surface area (Å²) in [6.45, 7) is 2.13. The lowest BCUT2D eigenvalue weighted by Gasteiger charge is -2.03. The summed E-state index contributed by atoms with van der Waals surface area (Å²) in [5.41, 5.74) is 6.89. The average molecular weight is 329 g/mol. The van der Waals surface area contributed by atoms with Crippen molar-refractivity contribution in [1.82, 2.24) is 9.97 Å². The molecule has 23 heavy (non-hydrogen) atoms. The first-order valence-electron chi connectivity index (χ1n) is 7.11. The molecule has 0 atom stereocenters. The Balaban J connectivity index is 1.83. The summed E-state index contributed by atoms with van der Waals surface area (Å²) in [7, 11) is 0. The predicted octanol–water partition coefficient (Wildman–Crippen LogP) is 2.33. The molecule has 0 saturated heterocycles. The summed E-state index contributed by atoms with van der Waals surface area (Å²) >= 11 is 1.44. The molecule has 0 aliphatic heterocycles. The largest absolute Gasteiger partial charge is 0.462 e. The standard InChI is InChI=1S/C16H15N3O3S/c1-2-22-15(21)10-5-3-9(4-6-10)7-11-8-12-13(20)18-16(17)19-14(12)23-11/h3-6,8H,2,7H2,1H3,(H3,17,18,19,20). The number of nitrogens with zero attached hydrogens (tertiary/aromatic N) is 1. The lowest BCUT2D eigenvalue weighted by Crippen LogP contribution is -2.09. The van der Waals surface area contributed by atoms with Gasteiger partial charge in [-0.05, 0) is 30.7 Å². The predicted molar refractivity (Wildman–Crippen MR) is 89.9 cm³/mol. The molecule has 0 aliphatic carbocycles. The second kappa shape index (κ2) is 6.21. The van der Waals surface area contributed by atoms with Gasteiger partial charge in [-0.25, -0.2) is 9.78 Å². The van der Waals surface area contributed by atoms with E-state index in [4.69, 9.17) is 10.5 Å². The molecule has 0 spiro atoms. The summed E-state index contributed by atoms with van der Waals surface area (Å²) in [5.74, 6) is -0.207. The maximum absolute atomic E-state index is 11.8. The van der Waals surface area contributed by atoms with Crippen LogP contribution in [0.4, 0.5) is 5.95 Å². The van der Waals surface area contributed by atoms with Crippen molar-refractivity contribution >= 4 is 33.5 Å². The molecule has 1 aromatic carbocycles. The second-order valence-electron chi connectivity index (χ2n) is 4.98. The molecule has 3 rings (SSSR count). The maximum atomic E-state index is 11.8. The topological polar surface area (TPSA) is 98.1 Å². The number of anilines is 1. The average Bonchev–Trinajstić information content (AvgIpc) is 2.91. The SMILES string of the molecule is CCOC(=O)c1ccc(Cc2cc3c(=O)[nH]c(N)nc3s2)cc1. The number of aromatic nitrogens is 2. The van der Waals surface area contributed by atoms with Gasteiger partial charge in [0.05, 0.1) is 17.6 Å². The van der Waals surface area contributed by atoms with Crippen molar-refractivity contribution < 1.29 is 9.53 Å². The Kier molecular flexibility index (Phi) is 4.12. The summed E-state index contributed by atoms with van der Waals surface area (Å²) in [5, 5.41) is 0.544. The highest BCUT2D eigenvalue weighted by Gasteiger charge is 2.10. The third kappa shape index (κ3) is 3.24. The minimum absolute atomic E-state index is 0.120. The number of hydrogen-bond donors (Lipinski definition) is 2. The zero-order chi connectivity index (χ0) is 16.4. The molecule has 3 aromatic rings. The lowest BCUT2D eigenvalue weighted by atomic mass is 10.1. The first-order valence-corrected chi connectivity index (χ1v) is 7.92. The van der Waals surface area contributed by atoms with Crippen molar-refractivity contribution in [1.29, 1.82) is 0 Å². The van der Waals surface area contributed by atoms with Crippen LogP contribution < -0.4 is 11.3 Å². The molecule has 0 aliphatic rings. The summed E-state index contributed by atoms with van der Waals surface area (Å²) in [6, 6.07) is 9.06. The fraction of sp³-hybridized carbons (Fsp3) is 0.188. The summed E-state index contributed by atoms with van der Waals surface area (Å²) in [6.07, 6.45) is 0.656. The van der Waals surface area contributed by atoms with E-state index in [1.807, 2.05) is 18.2 Å². The van der Waals surface area contributed by atoms with Crippen LogP contribution in [-0.2, 0) is 11.2 Å². The van der Waals surface area contributed by atoms with Crippen molar-refractivity contribution in [2.75, 3.05) is 12.3 Å². The molecule has 6 nitrogen and oxygen atoms in total. The summed E-state index contributed by atoms with van der Waals surface area (Å²) < 4.78 is 4.96. The van der Waals surface area contributed by atoms with Crippen LogP contribution in [0.3, 0.4) is 0 Å². The van der Waals surface area contributed by atoms with Gasteiger partial charge in [0.1, 0.15) is 4.83 Å². The van der Waals surface area contributed by atoms with E-state index in [-0.39, 0.29) is 17.5 Å². The Labute approximate surface area is 135 Å². The van der Waals surface area contributed by atoms with Gasteiger partial charge in [0, 0.05) is 11.3 Å². The van der Waals surface area contributed by atoms with E-state index in [0.717, 1.165) is 10.4 Å². The second-order valence-corrected chi connectivity index (χ2v) is 6.09. The number of fused-ring (bicyclic) bond motifs is 1. The number of nitrogens with two attached hydrogens (primary N) is 1. The van der Waals surface area contributed by atoms with E-state index in [1.165, 1.54) is 11.3 Å². The van der Waals surface area contributed by atoms with E-state index in [2.05, 4.69) is 9.97 Å². The molecule has 0 radical (unpaired) electrons. The Morgan fingerprint density at radius 1 is 1.35 bits per heavy atom. The number of nitrogen functional groups attached to an aromatic ring is 1. The van der Waals surface area contributed by atoms with Gasteiger partial charge in [-0.15, -0.1) is 11.3 Å². The number of aromatic amines is 1. The Morgan fingerprint density at radius 3 is 2.78 bits per heavy atom. The molecule has 118 valence electrons. The highest BCUT2D eigenvalue weighted by atomic mass is 32.1. The molecule has 2 heterocycles. The van der Waals surface area contributed by atoms with Gasteiger partial charge in [-0.2, -0.15) is 0 Å². The monoisotopic (exact) mass is 329 g/mol. The van der Waals surface area contributed by atoms with E-state index in [0.29, 0.717) is 28.8 Å². The first-order chi connectivity index (χ1) is 11.1. The molecule has 0 bridgehead atoms.